The van der Waals surface area contributed by atoms with Gasteiger partial charge in [-0.2, -0.15) is 0 Å². The fourth-order valence-electron chi connectivity index (χ4n) is 4.79. The Labute approximate surface area is 224 Å². The van der Waals surface area contributed by atoms with E-state index in [1.807, 2.05) is 23.1 Å². The van der Waals surface area contributed by atoms with Crippen LogP contribution in [-0.2, 0) is 21.8 Å². The van der Waals surface area contributed by atoms with Crippen LogP contribution in [0.25, 0.3) is 5.69 Å². The average molecular weight is 520 g/mol. The second-order valence-corrected chi connectivity index (χ2v) is 10.7. The summed E-state index contributed by atoms with van der Waals surface area (Å²) in [5.74, 6) is 2.06. The van der Waals surface area contributed by atoms with Gasteiger partial charge in [0.2, 0.25) is 11.8 Å². The second kappa shape index (κ2) is 13.4. The maximum atomic E-state index is 12.2. The molecule has 0 saturated carbocycles. The zero-order chi connectivity index (χ0) is 26.0. The van der Waals surface area contributed by atoms with Crippen molar-refractivity contribution in [3.05, 3.63) is 71.0 Å². The highest BCUT2D eigenvalue weighted by Crippen LogP contribution is 2.26. The Morgan fingerprint density at radius 3 is 2.54 bits per heavy atom. The van der Waals surface area contributed by atoms with Crippen molar-refractivity contribution in [1.82, 2.24) is 25.0 Å². The topological polar surface area (TPSA) is 80.1 Å². The van der Waals surface area contributed by atoms with E-state index in [2.05, 4.69) is 64.3 Å². The van der Waals surface area contributed by atoms with Gasteiger partial charge in [0.1, 0.15) is 5.82 Å². The number of nitrogens with zero attached hydrogens (tertiary/aromatic N) is 4. The molecule has 1 saturated heterocycles. The van der Waals surface area contributed by atoms with Crippen LogP contribution in [0.3, 0.4) is 0 Å². The van der Waals surface area contributed by atoms with E-state index in [1.54, 1.807) is 11.8 Å². The monoisotopic (exact) mass is 519 g/mol. The Bertz CT molecular complexity index is 1170. The van der Waals surface area contributed by atoms with E-state index in [0.29, 0.717) is 19.4 Å². The second-order valence-electron chi connectivity index (χ2n) is 9.75. The van der Waals surface area contributed by atoms with Crippen molar-refractivity contribution in [3.63, 3.8) is 0 Å². The number of hydrogen-bond donors (Lipinski definition) is 1. The molecule has 0 atom stereocenters. The first-order valence-electron chi connectivity index (χ1n) is 13.2. The summed E-state index contributed by atoms with van der Waals surface area (Å²) in [6, 6.07) is 16.9. The van der Waals surface area contributed by atoms with E-state index < -0.39 is 0 Å². The lowest BCUT2D eigenvalue weighted by Crippen LogP contribution is -2.30. The molecule has 0 aliphatic carbocycles. The summed E-state index contributed by atoms with van der Waals surface area (Å²) in [5.41, 5.74) is 4.88. The molecule has 0 radical (unpaired) electrons. The first-order chi connectivity index (χ1) is 18.0. The molecule has 2 aromatic carbocycles. The van der Waals surface area contributed by atoms with E-state index in [-0.39, 0.29) is 11.8 Å². The van der Waals surface area contributed by atoms with Gasteiger partial charge in [0, 0.05) is 50.3 Å². The van der Waals surface area contributed by atoms with Crippen LogP contribution in [-0.4, -0.2) is 51.1 Å². The van der Waals surface area contributed by atoms with E-state index in [9.17, 15) is 9.59 Å². The number of amides is 2. The van der Waals surface area contributed by atoms with Crippen molar-refractivity contribution in [2.45, 2.75) is 69.7 Å². The molecule has 0 unspecified atom stereocenters. The number of benzene rings is 2. The fraction of sp³-hybridized carbons (Fsp3) is 0.448. The molecule has 1 aliphatic heterocycles. The SMILES string of the molecule is Cc1cc(C)cc(CSc2nnc(CCCCC(=O)NCCCN3CCCC3=O)n2-c2ccccc2)c1. The molecule has 37 heavy (non-hydrogen) atoms. The largest absolute Gasteiger partial charge is 0.356 e. The quantitative estimate of drug-likeness (QED) is 0.253. The number of rotatable bonds is 13. The number of para-hydroxylation sites is 1. The van der Waals surface area contributed by atoms with Crippen molar-refractivity contribution >= 4 is 23.6 Å². The fourth-order valence-corrected chi connectivity index (χ4v) is 5.69. The molecule has 1 N–H and O–H groups in total. The molecule has 2 amide bonds. The number of aryl methyl sites for hydroxylation is 3. The van der Waals surface area contributed by atoms with Gasteiger partial charge in [-0.05, 0) is 57.2 Å². The highest BCUT2D eigenvalue weighted by molar-refractivity contribution is 7.98. The molecule has 7 nitrogen and oxygen atoms in total. The van der Waals surface area contributed by atoms with Crippen molar-refractivity contribution in [3.8, 4) is 5.69 Å². The average Bonchev–Trinajstić information content (AvgIpc) is 3.48. The summed E-state index contributed by atoms with van der Waals surface area (Å²) < 4.78 is 2.15. The zero-order valence-corrected chi connectivity index (χ0v) is 22.7. The van der Waals surface area contributed by atoms with Crippen LogP contribution in [0.15, 0.2) is 53.7 Å². The minimum absolute atomic E-state index is 0.0713. The van der Waals surface area contributed by atoms with Gasteiger partial charge in [-0.3, -0.25) is 14.2 Å². The predicted octanol–water partition coefficient (Wildman–Crippen LogP) is 5.02. The number of thioether (sulfide) groups is 1. The van der Waals surface area contributed by atoms with Gasteiger partial charge in [0.15, 0.2) is 5.16 Å². The summed E-state index contributed by atoms with van der Waals surface area (Å²) in [4.78, 5) is 25.8. The molecule has 3 aromatic rings. The molecule has 1 fully saturated rings. The van der Waals surface area contributed by atoms with Crippen molar-refractivity contribution in [1.29, 1.82) is 0 Å². The van der Waals surface area contributed by atoms with Crippen LogP contribution in [0, 0.1) is 13.8 Å². The molecule has 1 aliphatic rings. The van der Waals surface area contributed by atoms with Crippen LogP contribution in [0.4, 0.5) is 0 Å². The van der Waals surface area contributed by atoms with Gasteiger partial charge in [-0.1, -0.05) is 59.3 Å². The summed E-state index contributed by atoms with van der Waals surface area (Å²) in [5, 5.41) is 12.9. The molecule has 1 aromatic heterocycles. The Hall–Kier alpha value is -3.13. The summed E-state index contributed by atoms with van der Waals surface area (Å²) in [6.07, 6.45) is 5.34. The van der Waals surface area contributed by atoms with E-state index in [1.165, 1.54) is 16.7 Å². The van der Waals surface area contributed by atoms with Gasteiger partial charge in [-0.15, -0.1) is 10.2 Å². The lowest BCUT2D eigenvalue weighted by molar-refractivity contribution is -0.127. The molecule has 8 heteroatoms. The smallest absolute Gasteiger partial charge is 0.222 e. The van der Waals surface area contributed by atoms with E-state index in [4.69, 9.17) is 0 Å². The number of carbonyl (C=O) groups is 2. The molecule has 196 valence electrons. The Morgan fingerprint density at radius 2 is 1.81 bits per heavy atom. The van der Waals surface area contributed by atoms with Crippen molar-refractivity contribution in [2.75, 3.05) is 19.6 Å². The van der Waals surface area contributed by atoms with E-state index in [0.717, 1.165) is 67.6 Å². The number of unbranched alkanes of at least 4 members (excludes halogenated alkanes) is 1. The van der Waals surface area contributed by atoms with Gasteiger partial charge in [0.25, 0.3) is 0 Å². The molecule has 0 bridgehead atoms. The van der Waals surface area contributed by atoms with Crippen LogP contribution in [0.5, 0.6) is 0 Å². The third kappa shape index (κ3) is 7.92. The minimum atomic E-state index is 0.0713. The van der Waals surface area contributed by atoms with E-state index >= 15 is 0 Å². The first kappa shape index (κ1) is 26.9. The molecular formula is C29H37N5O2S. The van der Waals surface area contributed by atoms with Gasteiger partial charge in [-0.25, -0.2) is 0 Å². The van der Waals surface area contributed by atoms with Crippen LogP contribution in [0.2, 0.25) is 0 Å². The summed E-state index contributed by atoms with van der Waals surface area (Å²) >= 11 is 1.70. The first-order valence-corrected chi connectivity index (χ1v) is 14.2. The maximum absolute atomic E-state index is 12.2. The van der Waals surface area contributed by atoms with Crippen LogP contribution in [0.1, 0.15) is 61.0 Å². The Kier molecular flexibility index (Phi) is 9.77. The number of carbonyl (C=O) groups excluding carboxylic acids is 2. The Balaban J connectivity index is 1.27. The lowest BCUT2D eigenvalue weighted by atomic mass is 10.1. The molecule has 2 heterocycles. The van der Waals surface area contributed by atoms with Crippen molar-refractivity contribution in [2.24, 2.45) is 0 Å². The number of likely N-dealkylation sites (tertiary alicyclic amines) is 1. The minimum Gasteiger partial charge on any atom is -0.356 e. The van der Waals surface area contributed by atoms with Gasteiger partial charge in [0.05, 0.1) is 0 Å². The highest BCUT2D eigenvalue weighted by Gasteiger charge is 2.19. The summed E-state index contributed by atoms with van der Waals surface area (Å²) in [6.45, 7) is 6.46. The van der Waals surface area contributed by atoms with Gasteiger partial charge >= 0.3 is 0 Å². The standard InChI is InChI=1S/C29H37N5O2S/c1-22-18-23(2)20-24(19-22)21-37-29-32-31-26(34(29)25-10-4-3-5-11-25)12-6-7-13-27(35)30-15-9-17-33-16-8-14-28(33)36/h3-5,10-11,18-20H,6-9,12-17,21H2,1-2H3,(H,30,35). The molecule has 0 spiro atoms. The number of nitrogens with one attached hydrogen (secondary N) is 1. The zero-order valence-electron chi connectivity index (χ0n) is 21.9. The number of hydrogen-bond acceptors (Lipinski definition) is 5. The summed E-state index contributed by atoms with van der Waals surface area (Å²) in [7, 11) is 0. The highest BCUT2D eigenvalue weighted by atomic mass is 32.2. The van der Waals surface area contributed by atoms with Crippen LogP contribution >= 0.6 is 11.8 Å². The van der Waals surface area contributed by atoms with Crippen LogP contribution < -0.4 is 5.32 Å². The van der Waals surface area contributed by atoms with Gasteiger partial charge < -0.3 is 10.2 Å². The lowest BCUT2D eigenvalue weighted by Gasteiger charge is -2.15. The maximum Gasteiger partial charge on any atom is 0.222 e. The van der Waals surface area contributed by atoms with Crippen molar-refractivity contribution < 1.29 is 9.59 Å². The normalized spacial score (nSPS) is 13.4. The molecular weight excluding hydrogens is 482 g/mol. The Morgan fingerprint density at radius 1 is 1.03 bits per heavy atom. The number of aromatic nitrogens is 3. The predicted molar refractivity (Wildman–Crippen MR) is 148 cm³/mol. The molecule has 4 rings (SSSR count). The third-order valence-electron chi connectivity index (χ3n) is 6.52. The third-order valence-corrected chi connectivity index (χ3v) is 7.52.